The second-order valence-corrected chi connectivity index (χ2v) is 18.7. The molecular formula is C42H74N6O10S. The van der Waals surface area contributed by atoms with E-state index in [1.165, 1.54) is 14.2 Å². The van der Waals surface area contributed by atoms with Gasteiger partial charge in [-0.15, -0.1) is 0 Å². The van der Waals surface area contributed by atoms with Crippen molar-refractivity contribution >= 4 is 39.7 Å². The van der Waals surface area contributed by atoms with Crippen LogP contribution in [0.3, 0.4) is 0 Å². The number of carbonyl (C=O) groups is 5. The molecule has 16 nitrogen and oxygen atoms in total. The average molecular weight is 855 g/mol. The number of hydrogen-bond donors (Lipinski definition) is 4. The summed E-state index contributed by atoms with van der Waals surface area (Å²) in [6, 6.07) is -3.22. The van der Waals surface area contributed by atoms with Gasteiger partial charge in [-0.25, -0.2) is 0 Å². The van der Waals surface area contributed by atoms with E-state index in [-0.39, 0.29) is 54.9 Å². The molecule has 0 aromatic heterocycles. The summed E-state index contributed by atoms with van der Waals surface area (Å²) >= 11 is 0. The summed E-state index contributed by atoms with van der Waals surface area (Å²) in [5.74, 6) is -3.50. The van der Waals surface area contributed by atoms with Crippen LogP contribution in [0, 0.1) is 23.7 Å². The second kappa shape index (κ2) is 24.2. The normalized spacial score (nSPS) is 20.0. The highest BCUT2D eigenvalue weighted by atomic mass is 32.2. The first-order valence-corrected chi connectivity index (χ1v) is 22.7. The maximum absolute atomic E-state index is 14.3. The van der Waals surface area contributed by atoms with Gasteiger partial charge in [-0.1, -0.05) is 78.7 Å². The molecule has 9 atom stereocenters. The summed E-state index contributed by atoms with van der Waals surface area (Å²) in [4.78, 5) is 74.3. The fraction of sp³-hybridized carbons (Fsp3) is 0.786. The van der Waals surface area contributed by atoms with Crippen molar-refractivity contribution in [3.05, 3.63) is 23.8 Å². The molecule has 0 aromatic rings. The van der Waals surface area contributed by atoms with Crippen LogP contribution in [-0.2, 0) is 43.6 Å². The summed E-state index contributed by atoms with van der Waals surface area (Å²) < 4.78 is 43.6. The van der Waals surface area contributed by atoms with Gasteiger partial charge in [0, 0.05) is 34.4 Å². The average Bonchev–Trinajstić information content (AvgIpc) is 3.65. The molecule has 2 rings (SSSR count). The number of likely N-dealkylation sites (tertiary alicyclic amines) is 1. The number of ether oxygens (including phenoxy) is 2. The highest BCUT2D eigenvalue weighted by Gasteiger charge is 2.43. The van der Waals surface area contributed by atoms with E-state index in [9.17, 15) is 32.4 Å². The Balaban J connectivity index is 2.30. The lowest BCUT2D eigenvalue weighted by Crippen LogP contribution is -2.59. The summed E-state index contributed by atoms with van der Waals surface area (Å²) in [6.45, 7) is 13.5. The molecule has 338 valence electrons. The first kappa shape index (κ1) is 51.8. The first-order valence-electron chi connectivity index (χ1n) is 21.1. The van der Waals surface area contributed by atoms with E-state index in [0.717, 1.165) is 12.0 Å². The summed E-state index contributed by atoms with van der Waals surface area (Å²) in [5, 5.41) is 8.36. The van der Waals surface area contributed by atoms with E-state index in [1.54, 1.807) is 23.8 Å². The van der Waals surface area contributed by atoms with Crippen molar-refractivity contribution in [3.63, 3.8) is 0 Å². The Kier molecular flexibility index (Phi) is 21.2. The zero-order chi connectivity index (χ0) is 44.8. The summed E-state index contributed by atoms with van der Waals surface area (Å²) in [6.07, 6.45) is 7.95. The fourth-order valence-electron chi connectivity index (χ4n) is 8.43. The first-order chi connectivity index (χ1) is 27.6. The lowest BCUT2D eigenvalue weighted by Gasteiger charge is -2.41. The molecule has 2 aliphatic rings. The van der Waals surface area contributed by atoms with E-state index in [1.807, 2.05) is 78.8 Å². The molecule has 0 radical (unpaired) electrons. The van der Waals surface area contributed by atoms with E-state index >= 15 is 0 Å². The molecule has 0 saturated carbocycles. The Bertz CT molecular complexity index is 1580. The van der Waals surface area contributed by atoms with Crippen LogP contribution >= 0.6 is 0 Å². The van der Waals surface area contributed by atoms with Crippen molar-refractivity contribution in [3.8, 4) is 0 Å². The molecule has 0 spiro atoms. The second-order valence-electron chi connectivity index (χ2n) is 17.1. The van der Waals surface area contributed by atoms with Crippen LogP contribution in [0.1, 0.15) is 93.4 Å². The SMILES string of the molecule is CC[C@H](C)[C@@H]([C@@H](CC(=O)N1CCC[C@H]1[C@H](OC)[C@@H](C)C(=O)N[C@@H](CC1=CC=CCC1)C(=O)NCCS(=O)(=O)O)OC)N(C)C(=O)[C@@H](NC(=O)[C@H](C(C)C)N(C)C)C(C)C. The zero-order valence-corrected chi connectivity index (χ0v) is 38.3. The van der Waals surface area contributed by atoms with Crippen LogP contribution < -0.4 is 16.0 Å². The lowest BCUT2D eigenvalue weighted by molar-refractivity contribution is -0.148. The molecule has 1 heterocycles. The van der Waals surface area contributed by atoms with Gasteiger partial charge in [0.05, 0.1) is 48.4 Å². The third kappa shape index (κ3) is 15.2. The van der Waals surface area contributed by atoms with Gasteiger partial charge in [0.15, 0.2) is 0 Å². The number of nitrogens with one attached hydrogen (secondary N) is 3. The Morgan fingerprint density at radius 1 is 0.949 bits per heavy atom. The van der Waals surface area contributed by atoms with Crippen molar-refractivity contribution in [2.24, 2.45) is 23.7 Å². The van der Waals surface area contributed by atoms with Gasteiger partial charge < -0.3 is 35.2 Å². The number of rotatable bonds is 24. The molecule has 4 N–H and O–H groups in total. The number of nitrogens with zero attached hydrogens (tertiary/aromatic N) is 3. The van der Waals surface area contributed by atoms with E-state index in [0.29, 0.717) is 32.2 Å². The molecule has 0 bridgehead atoms. The number of methoxy groups -OCH3 is 2. The molecule has 17 heteroatoms. The molecule has 0 aromatic carbocycles. The largest absolute Gasteiger partial charge is 0.379 e. The van der Waals surface area contributed by atoms with Gasteiger partial charge in [0.1, 0.15) is 12.1 Å². The maximum atomic E-state index is 14.3. The van der Waals surface area contributed by atoms with Crippen molar-refractivity contribution in [2.45, 2.75) is 136 Å². The van der Waals surface area contributed by atoms with E-state index in [4.69, 9.17) is 14.0 Å². The monoisotopic (exact) mass is 855 g/mol. The van der Waals surface area contributed by atoms with Crippen LogP contribution in [0.15, 0.2) is 23.8 Å². The number of carbonyl (C=O) groups excluding carboxylic acids is 5. The number of allylic oxidation sites excluding steroid dienone is 3. The number of hydrogen-bond acceptors (Lipinski definition) is 10. The van der Waals surface area contributed by atoms with Gasteiger partial charge in [-0.2, -0.15) is 8.42 Å². The fourth-order valence-corrected chi connectivity index (χ4v) is 8.79. The molecule has 0 unspecified atom stereocenters. The minimum atomic E-state index is -4.30. The Hall–Kier alpha value is -3.38. The minimum Gasteiger partial charge on any atom is -0.379 e. The lowest BCUT2D eigenvalue weighted by atomic mass is 9.89. The number of amides is 5. The molecule has 5 amide bonds. The molecular weight excluding hydrogens is 781 g/mol. The van der Waals surface area contributed by atoms with E-state index in [2.05, 4.69) is 16.0 Å². The standard InChI is InChI=1S/C42H74N6O10S/c1-13-28(6)37(47(10)42(53)35(26(2)3)45-41(52)36(27(4)5)46(8)9)33(57-11)25-34(49)48-22-17-20-32(48)38(58-12)29(7)39(50)44-31(24-30-18-15-14-16-19-30)40(51)43-21-23-59(54,55)56/h14-15,18,26-29,31-33,35-38H,13,16-17,19-25H2,1-12H3,(H,43,51)(H,44,50)(H,45,52)(H,54,55,56)/t28-,29+,31-,32-,33+,35-,36-,37-,38+/m0/s1. The molecule has 1 aliphatic heterocycles. The Morgan fingerprint density at radius 3 is 2.12 bits per heavy atom. The van der Waals surface area contributed by atoms with Gasteiger partial charge in [-0.05, 0) is 64.0 Å². The van der Waals surface area contributed by atoms with Crippen molar-refractivity contribution < 1.29 is 46.4 Å². The Morgan fingerprint density at radius 2 is 1.61 bits per heavy atom. The van der Waals surface area contributed by atoms with Gasteiger partial charge >= 0.3 is 0 Å². The van der Waals surface area contributed by atoms with Crippen molar-refractivity contribution in [1.82, 2.24) is 30.7 Å². The molecule has 1 fully saturated rings. The quantitative estimate of drug-likeness (QED) is 0.104. The van der Waals surface area contributed by atoms with Crippen LogP contribution in [-0.4, -0.2) is 154 Å². The van der Waals surface area contributed by atoms with Crippen LogP contribution in [0.25, 0.3) is 0 Å². The highest BCUT2D eigenvalue weighted by Crippen LogP contribution is 2.30. The highest BCUT2D eigenvalue weighted by molar-refractivity contribution is 7.85. The predicted molar refractivity (Wildman–Crippen MR) is 228 cm³/mol. The van der Waals surface area contributed by atoms with Crippen molar-refractivity contribution in [1.29, 1.82) is 0 Å². The summed E-state index contributed by atoms with van der Waals surface area (Å²) in [7, 11) is 4.08. The van der Waals surface area contributed by atoms with Gasteiger partial charge in [0.2, 0.25) is 29.5 Å². The number of likely N-dealkylation sites (N-methyl/N-ethyl adjacent to an activating group) is 2. The van der Waals surface area contributed by atoms with Crippen molar-refractivity contribution in [2.75, 3.05) is 54.2 Å². The zero-order valence-electron chi connectivity index (χ0n) is 37.5. The van der Waals surface area contributed by atoms with Gasteiger partial charge in [-0.3, -0.25) is 33.4 Å². The van der Waals surface area contributed by atoms with Crippen LogP contribution in [0.4, 0.5) is 0 Å². The topological polar surface area (TPSA) is 204 Å². The summed E-state index contributed by atoms with van der Waals surface area (Å²) in [5.41, 5.74) is 0.940. The molecule has 1 aliphatic carbocycles. The minimum absolute atomic E-state index is 0.0186. The molecule has 1 saturated heterocycles. The van der Waals surface area contributed by atoms with Crippen LogP contribution in [0.2, 0.25) is 0 Å². The Labute approximate surface area is 353 Å². The third-order valence-corrected chi connectivity index (χ3v) is 12.5. The third-order valence-electron chi connectivity index (χ3n) is 11.8. The van der Waals surface area contributed by atoms with Gasteiger partial charge in [0.25, 0.3) is 10.1 Å². The maximum Gasteiger partial charge on any atom is 0.266 e. The smallest absolute Gasteiger partial charge is 0.266 e. The van der Waals surface area contributed by atoms with Crippen LogP contribution in [0.5, 0.6) is 0 Å². The van der Waals surface area contributed by atoms with E-state index < -0.39 is 76.0 Å². The molecule has 59 heavy (non-hydrogen) atoms. The predicted octanol–water partition coefficient (Wildman–Crippen LogP) is 2.79.